The lowest BCUT2D eigenvalue weighted by molar-refractivity contribution is 0.131. The number of hydrogen-bond acceptors (Lipinski definition) is 9. The highest BCUT2D eigenvalue weighted by molar-refractivity contribution is 7.70. The van der Waals surface area contributed by atoms with Gasteiger partial charge in [-0.1, -0.05) is 23.7 Å². The molecule has 9 nitrogen and oxygen atoms in total. The molecule has 0 saturated carbocycles. The molecule has 1 aromatic carbocycles. The molecule has 2 aromatic heterocycles. The largest absolute Gasteiger partial charge is 0.480 e. The number of hydrogen-bond donors (Lipinski definition) is 2. The van der Waals surface area contributed by atoms with Crippen LogP contribution < -0.4 is 25.6 Å². The second-order valence-corrected chi connectivity index (χ2v) is 13.0. The van der Waals surface area contributed by atoms with E-state index in [2.05, 4.69) is 30.5 Å². The molecule has 4 heterocycles. The first kappa shape index (κ1) is 23.9. The fourth-order valence-corrected chi connectivity index (χ4v) is 5.82. The smallest absolute Gasteiger partial charge is 0.237 e. The topological polar surface area (TPSA) is 102 Å². The van der Waals surface area contributed by atoms with Gasteiger partial charge in [-0.15, -0.1) is 0 Å². The first-order valence-electron chi connectivity index (χ1n) is 11.3. The van der Waals surface area contributed by atoms with Crippen LogP contribution in [-0.4, -0.2) is 61.7 Å². The standard InChI is InChI=1S/C24H28ClN6O3P/c1-33-22-19(10-16(11-26-22)31-13-24(14-31)8-9-34-15-24)29-23-27-12-17(25)21(30-23)28-18-6-4-5-7-20(18)35(2,3)32/h4-7,10-12H,8-9,13-15H2,1-3H3,(H2,27,28,29,30). The van der Waals surface area contributed by atoms with Crippen molar-refractivity contribution in [3.63, 3.8) is 0 Å². The molecule has 35 heavy (non-hydrogen) atoms. The van der Waals surface area contributed by atoms with Crippen molar-refractivity contribution < 1.29 is 14.0 Å². The van der Waals surface area contributed by atoms with Crippen molar-refractivity contribution in [1.82, 2.24) is 15.0 Å². The Labute approximate surface area is 209 Å². The Bertz CT molecular complexity index is 1290. The summed E-state index contributed by atoms with van der Waals surface area (Å²) < 4.78 is 23.8. The monoisotopic (exact) mass is 514 g/mol. The summed E-state index contributed by atoms with van der Waals surface area (Å²) >= 11 is 6.39. The molecule has 0 amide bonds. The van der Waals surface area contributed by atoms with Gasteiger partial charge in [0, 0.05) is 30.4 Å². The lowest BCUT2D eigenvalue weighted by Crippen LogP contribution is -2.57. The summed E-state index contributed by atoms with van der Waals surface area (Å²) in [4.78, 5) is 15.6. The predicted octanol–water partition coefficient (Wildman–Crippen LogP) is 4.50. The molecule has 0 unspecified atom stereocenters. The summed E-state index contributed by atoms with van der Waals surface area (Å²) in [6, 6.07) is 9.42. The minimum Gasteiger partial charge on any atom is -0.480 e. The van der Waals surface area contributed by atoms with Gasteiger partial charge in [0.2, 0.25) is 11.8 Å². The Hall–Kier alpha value is -2.87. The van der Waals surface area contributed by atoms with Gasteiger partial charge in [0.15, 0.2) is 5.82 Å². The van der Waals surface area contributed by atoms with Gasteiger partial charge in [0.05, 0.1) is 37.5 Å². The highest BCUT2D eigenvalue weighted by Crippen LogP contribution is 2.42. The third-order valence-corrected chi connectivity index (χ3v) is 8.19. The zero-order chi connectivity index (χ0) is 24.6. The fourth-order valence-electron chi connectivity index (χ4n) is 4.52. The van der Waals surface area contributed by atoms with E-state index < -0.39 is 7.14 Å². The Balaban J connectivity index is 1.38. The van der Waals surface area contributed by atoms with Gasteiger partial charge < -0.3 is 29.6 Å². The van der Waals surface area contributed by atoms with E-state index in [-0.39, 0.29) is 5.41 Å². The number of para-hydroxylation sites is 1. The number of nitrogens with zero attached hydrogens (tertiary/aromatic N) is 4. The highest BCUT2D eigenvalue weighted by Gasteiger charge is 2.46. The average molecular weight is 515 g/mol. The Kier molecular flexibility index (Phi) is 6.34. The SMILES string of the molecule is COc1ncc(N2CC3(CCOC3)C2)cc1Nc1ncc(Cl)c(Nc2ccccc2P(C)(C)=O)n1. The van der Waals surface area contributed by atoms with E-state index in [1.807, 2.05) is 36.5 Å². The van der Waals surface area contributed by atoms with E-state index in [4.69, 9.17) is 21.1 Å². The minimum atomic E-state index is -2.51. The van der Waals surface area contributed by atoms with Gasteiger partial charge in [-0.05, 0) is 37.9 Å². The van der Waals surface area contributed by atoms with E-state index in [9.17, 15) is 4.57 Å². The van der Waals surface area contributed by atoms with Crippen LogP contribution in [-0.2, 0) is 9.30 Å². The highest BCUT2D eigenvalue weighted by atomic mass is 35.5. The molecule has 2 aliphatic rings. The summed E-state index contributed by atoms with van der Waals surface area (Å²) in [7, 11) is -0.938. The normalized spacial score (nSPS) is 16.7. The Morgan fingerprint density at radius 2 is 1.94 bits per heavy atom. The molecule has 0 aliphatic carbocycles. The van der Waals surface area contributed by atoms with Crippen LogP contribution in [0.3, 0.4) is 0 Å². The molecular weight excluding hydrogens is 487 g/mol. The number of anilines is 5. The molecule has 2 fully saturated rings. The molecular formula is C24H28ClN6O3P. The van der Waals surface area contributed by atoms with Crippen molar-refractivity contribution in [1.29, 1.82) is 0 Å². The van der Waals surface area contributed by atoms with Gasteiger partial charge in [-0.2, -0.15) is 4.98 Å². The van der Waals surface area contributed by atoms with E-state index in [1.54, 1.807) is 20.4 Å². The van der Waals surface area contributed by atoms with Gasteiger partial charge in [-0.3, -0.25) is 0 Å². The van der Waals surface area contributed by atoms with E-state index in [0.29, 0.717) is 34.0 Å². The van der Waals surface area contributed by atoms with Crippen LogP contribution in [0, 0.1) is 5.41 Å². The van der Waals surface area contributed by atoms with Gasteiger partial charge in [0.1, 0.15) is 17.9 Å². The van der Waals surface area contributed by atoms with Crippen molar-refractivity contribution in [2.75, 3.05) is 62.3 Å². The van der Waals surface area contributed by atoms with Crippen LogP contribution in [0.4, 0.5) is 28.8 Å². The zero-order valence-electron chi connectivity index (χ0n) is 19.9. The second kappa shape index (κ2) is 9.30. The Morgan fingerprint density at radius 3 is 2.66 bits per heavy atom. The number of halogens is 1. The minimum absolute atomic E-state index is 0.268. The average Bonchev–Trinajstić information content (AvgIpc) is 3.30. The summed E-state index contributed by atoms with van der Waals surface area (Å²) in [5.74, 6) is 1.16. The van der Waals surface area contributed by atoms with Gasteiger partial charge in [0.25, 0.3) is 0 Å². The van der Waals surface area contributed by atoms with Gasteiger partial charge in [-0.25, -0.2) is 9.97 Å². The van der Waals surface area contributed by atoms with Crippen LogP contribution >= 0.6 is 18.7 Å². The maximum absolute atomic E-state index is 12.7. The van der Waals surface area contributed by atoms with Crippen molar-refractivity contribution in [2.45, 2.75) is 6.42 Å². The van der Waals surface area contributed by atoms with Crippen molar-refractivity contribution >= 4 is 52.9 Å². The fraction of sp³-hybridized carbons (Fsp3) is 0.375. The summed E-state index contributed by atoms with van der Waals surface area (Å²) in [6.45, 7) is 7.02. The molecule has 3 aromatic rings. The number of nitrogens with one attached hydrogen (secondary N) is 2. The number of pyridine rings is 1. The van der Waals surface area contributed by atoms with Crippen LogP contribution in [0.1, 0.15) is 6.42 Å². The Morgan fingerprint density at radius 1 is 1.14 bits per heavy atom. The van der Waals surface area contributed by atoms with Crippen molar-refractivity contribution in [3.05, 3.63) is 47.7 Å². The lowest BCUT2D eigenvalue weighted by atomic mass is 9.79. The molecule has 184 valence electrons. The quantitative estimate of drug-likeness (QED) is 0.441. The molecule has 2 aliphatic heterocycles. The second-order valence-electron chi connectivity index (χ2n) is 9.42. The van der Waals surface area contributed by atoms with E-state index >= 15 is 0 Å². The summed E-state index contributed by atoms with van der Waals surface area (Å²) in [6.07, 6.45) is 4.43. The molecule has 5 rings (SSSR count). The van der Waals surface area contributed by atoms with Crippen LogP contribution in [0.2, 0.25) is 5.02 Å². The maximum atomic E-state index is 12.7. The molecule has 11 heteroatoms. The number of rotatable bonds is 7. The first-order valence-corrected chi connectivity index (χ1v) is 14.3. The van der Waals surface area contributed by atoms with Crippen molar-refractivity contribution in [3.8, 4) is 5.88 Å². The summed E-state index contributed by atoms with van der Waals surface area (Å²) in [5.41, 5.74) is 2.60. The number of methoxy groups -OCH3 is 1. The van der Waals surface area contributed by atoms with E-state index in [1.165, 1.54) is 6.20 Å². The first-order chi connectivity index (χ1) is 16.8. The molecule has 0 radical (unpaired) electrons. The van der Waals surface area contributed by atoms with Crippen LogP contribution in [0.15, 0.2) is 42.7 Å². The molecule has 1 spiro atoms. The third-order valence-electron chi connectivity index (χ3n) is 6.36. The zero-order valence-corrected chi connectivity index (χ0v) is 21.6. The molecule has 2 N–H and O–H groups in total. The van der Waals surface area contributed by atoms with Crippen LogP contribution in [0.5, 0.6) is 5.88 Å². The summed E-state index contributed by atoms with van der Waals surface area (Å²) in [5, 5.41) is 7.50. The molecule has 0 bridgehead atoms. The number of aromatic nitrogens is 3. The number of ether oxygens (including phenoxy) is 2. The van der Waals surface area contributed by atoms with Crippen LogP contribution in [0.25, 0.3) is 0 Å². The number of benzene rings is 1. The van der Waals surface area contributed by atoms with E-state index in [0.717, 1.165) is 43.7 Å². The van der Waals surface area contributed by atoms with Gasteiger partial charge >= 0.3 is 0 Å². The van der Waals surface area contributed by atoms with Crippen molar-refractivity contribution in [2.24, 2.45) is 5.41 Å². The maximum Gasteiger partial charge on any atom is 0.237 e. The third kappa shape index (κ3) is 4.94. The molecule has 0 atom stereocenters. The lowest BCUT2D eigenvalue weighted by Gasteiger charge is -2.48. The molecule has 2 saturated heterocycles. The predicted molar refractivity (Wildman–Crippen MR) is 140 cm³/mol.